The number of nitrogens with one attached hydrogen (secondary N) is 2. The SMILES string of the molecule is Cc1ccc(S(=O)(=O)Nc2cc(C(=O)N(C)C)ccc2N2CCNCC2)cc1. The summed E-state index contributed by atoms with van der Waals surface area (Å²) in [6.45, 7) is 5.08. The Hall–Kier alpha value is -2.58. The number of aryl methyl sites for hydroxylation is 1. The normalized spacial score (nSPS) is 14.6. The fraction of sp³-hybridized carbons (Fsp3) is 0.350. The average Bonchev–Trinajstić information content (AvgIpc) is 2.68. The molecule has 0 saturated carbocycles. The Kier molecular flexibility index (Phi) is 5.90. The number of hydrogen-bond acceptors (Lipinski definition) is 5. The van der Waals surface area contributed by atoms with E-state index in [9.17, 15) is 13.2 Å². The summed E-state index contributed by atoms with van der Waals surface area (Å²) >= 11 is 0. The molecule has 8 heteroatoms. The second-order valence-corrected chi connectivity index (χ2v) is 8.77. The first kappa shape index (κ1) is 20.2. The van der Waals surface area contributed by atoms with Gasteiger partial charge in [-0.2, -0.15) is 0 Å². The number of carbonyl (C=O) groups is 1. The van der Waals surface area contributed by atoms with Gasteiger partial charge in [-0.1, -0.05) is 17.7 Å². The zero-order valence-corrected chi connectivity index (χ0v) is 17.2. The van der Waals surface area contributed by atoms with Crippen LogP contribution >= 0.6 is 0 Å². The van der Waals surface area contributed by atoms with Gasteiger partial charge in [0.25, 0.3) is 15.9 Å². The van der Waals surface area contributed by atoms with E-state index in [-0.39, 0.29) is 10.8 Å². The predicted octanol–water partition coefficient (Wildman–Crippen LogP) is 1.91. The third-order valence-electron chi connectivity index (χ3n) is 4.68. The van der Waals surface area contributed by atoms with E-state index in [4.69, 9.17) is 0 Å². The first-order chi connectivity index (χ1) is 13.3. The third-order valence-corrected chi connectivity index (χ3v) is 6.06. The van der Waals surface area contributed by atoms with E-state index in [1.54, 1.807) is 50.5 Å². The van der Waals surface area contributed by atoms with Crippen LogP contribution in [0.1, 0.15) is 15.9 Å². The van der Waals surface area contributed by atoms with Gasteiger partial charge in [-0.15, -0.1) is 0 Å². The maximum absolute atomic E-state index is 12.9. The summed E-state index contributed by atoms with van der Waals surface area (Å²) in [7, 11) is -0.432. The van der Waals surface area contributed by atoms with Crippen LogP contribution in [-0.4, -0.2) is 59.5 Å². The number of amides is 1. The van der Waals surface area contributed by atoms with Crippen LogP contribution in [-0.2, 0) is 10.0 Å². The number of anilines is 2. The number of carbonyl (C=O) groups excluding carboxylic acids is 1. The Morgan fingerprint density at radius 1 is 1.07 bits per heavy atom. The molecule has 2 aromatic carbocycles. The maximum Gasteiger partial charge on any atom is 0.261 e. The number of hydrogen-bond donors (Lipinski definition) is 2. The van der Waals surface area contributed by atoms with Crippen LogP contribution in [0.25, 0.3) is 0 Å². The third kappa shape index (κ3) is 4.45. The van der Waals surface area contributed by atoms with Gasteiger partial charge < -0.3 is 15.1 Å². The van der Waals surface area contributed by atoms with Crippen molar-refractivity contribution in [2.24, 2.45) is 0 Å². The molecule has 0 atom stereocenters. The second kappa shape index (κ2) is 8.20. The van der Waals surface area contributed by atoms with Gasteiger partial charge >= 0.3 is 0 Å². The summed E-state index contributed by atoms with van der Waals surface area (Å²) in [5.41, 5.74) is 2.60. The largest absolute Gasteiger partial charge is 0.367 e. The van der Waals surface area contributed by atoms with E-state index in [2.05, 4.69) is 14.9 Å². The summed E-state index contributed by atoms with van der Waals surface area (Å²) < 4.78 is 28.5. The molecule has 1 aliphatic heterocycles. The number of sulfonamides is 1. The van der Waals surface area contributed by atoms with Gasteiger partial charge in [0.05, 0.1) is 16.3 Å². The highest BCUT2D eigenvalue weighted by Gasteiger charge is 2.21. The molecule has 0 aliphatic carbocycles. The van der Waals surface area contributed by atoms with Crippen molar-refractivity contribution in [3.05, 3.63) is 53.6 Å². The van der Waals surface area contributed by atoms with Crippen LogP contribution in [0.4, 0.5) is 11.4 Å². The van der Waals surface area contributed by atoms with Crippen LogP contribution in [0.3, 0.4) is 0 Å². The van der Waals surface area contributed by atoms with Crippen molar-refractivity contribution in [3.8, 4) is 0 Å². The minimum atomic E-state index is -3.77. The Bertz CT molecular complexity index is 950. The van der Waals surface area contributed by atoms with Gasteiger partial charge in [0, 0.05) is 45.8 Å². The van der Waals surface area contributed by atoms with Gasteiger partial charge in [0.15, 0.2) is 0 Å². The molecule has 7 nitrogen and oxygen atoms in total. The molecular formula is C20H26N4O3S. The fourth-order valence-corrected chi connectivity index (χ4v) is 4.18. The van der Waals surface area contributed by atoms with Crippen LogP contribution in [0.2, 0.25) is 0 Å². The lowest BCUT2D eigenvalue weighted by atomic mass is 10.1. The Balaban J connectivity index is 2.01. The zero-order valence-electron chi connectivity index (χ0n) is 16.4. The lowest BCUT2D eigenvalue weighted by molar-refractivity contribution is 0.0827. The lowest BCUT2D eigenvalue weighted by Crippen LogP contribution is -2.43. The molecule has 3 rings (SSSR count). The van der Waals surface area contributed by atoms with Gasteiger partial charge in [0.1, 0.15) is 0 Å². The molecule has 2 N–H and O–H groups in total. The zero-order chi connectivity index (χ0) is 20.3. The van der Waals surface area contributed by atoms with Gasteiger partial charge in [-0.05, 0) is 37.3 Å². The summed E-state index contributed by atoms with van der Waals surface area (Å²) in [5, 5.41) is 3.29. The summed E-state index contributed by atoms with van der Waals surface area (Å²) in [6, 6.07) is 11.9. The molecule has 1 fully saturated rings. The van der Waals surface area contributed by atoms with E-state index in [1.165, 1.54) is 4.90 Å². The minimum Gasteiger partial charge on any atom is -0.367 e. The molecule has 0 radical (unpaired) electrons. The van der Waals surface area contributed by atoms with Crippen LogP contribution < -0.4 is 14.9 Å². The molecule has 1 amide bonds. The van der Waals surface area contributed by atoms with Gasteiger partial charge in [-0.25, -0.2) is 8.42 Å². The summed E-state index contributed by atoms with van der Waals surface area (Å²) in [6.07, 6.45) is 0. The number of rotatable bonds is 5. The highest BCUT2D eigenvalue weighted by atomic mass is 32.2. The highest BCUT2D eigenvalue weighted by molar-refractivity contribution is 7.92. The maximum atomic E-state index is 12.9. The quantitative estimate of drug-likeness (QED) is 0.798. The molecule has 2 aromatic rings. The van der Waals surface area contributed by atoms with Crippen molar-refractivity contribution in [1.82, 2.24) is 10.2 Å². The van der Waals surface area contributed by atoms with Crippen LogP contribution in [0.15, 0.2) is 47.4 Å². The topological polar surface area (TPSA) is 81.8 Å². The van der Waals surface area contributed by atoms with E-state index < -0.39 is 10.0 Å². The standard InChI is InChI=1S/C20H26N4O3S/c1-15-4-7-17(8-5-15)28(26,27)22-18-14-16(20(25)23(2)3)6-9-19(18)24-12-10-21-11-13-24/h4-9,14,21-22H,10-13H2,1-3H3. The minimum absolute atomic E-state index is 0.178. The molecule has 0 bridgehead atoms. The number of benzene rings is 2. The number of piperazine rings is 1. The highest BCUT2D eigenvalue weighted by Crippen LogP contribution is 2.30. The second-order valence-electron chi connectivity index (χ2n) is 7.09. The smallest absolute Gasteiger partial charge is 0.261 e. The molecule has 150 valence electrons. The van der Waals surface area contributed by atoms with Crippen molar-refractivity contribution in [3.63, 3.8) is 0 Å². The lowest BCUT2D eigenvalue weighted by Gasteiger charge is -2.31. The molecule has 1 saturated heterocycles. The van der Waals surface area contributed by atoms with Crippen molar-refractivity contribution in [2.45, 2.75) is 11.8 Å². The monoisotopic (exact) mass is 402 g/mol. The first-order valence-corrected chi connectivity index (χ1v) is 10.7. The van der Waals surface area contributed by atoms with Crippen molar-refractivity contribution >= 4 is 27.3 Å². The Morgan fingerprint density at radius 3 is 2.32 bits per heavy atom. The van der Waals surface area contributed by atoms with Crippen molar-refractivity contribution < 1.29 is 13.2 Å². The molecule has 0 aromatic heterocycles. The Labute approximate surface area is 166 Å². The molecule has 0 unspecified atom stereocenters. The van der Waals surface area contributed by atoms with Crippen LogP contribution in [0.5, 0.6) is 0 Å². The number of nitrogens with zero attached hydrogens (tertiary/aromatic N) is 2. The van der Waals surface area contributed by atoms with Crippen molar-refractivity contribution in [1.29, 1.82) is 0 Å². The first-order valence-electron chi connectivity index (χ1n) is 9.19. The van der Waals surface area contributed by atoms with E-state index in [1.807, 2.05) is 13.0 Å². The predicted molar refractivity (Wildman–Crippen MR) is 112 cm³/mol. The molecular weight excluding hydrogens is 376 g/mol. The van der Waals surface area contributed by atoms with E-state index >= 15 is 0 Å². The van der Waals surface area contributed by atoms with Crippen molar-refractivity contribution in [2.75, 3.05) is 49.9 Å². The molecule has 1 heterocycles. The molecule has 0 spiro atoms. The van der Waals surface area contributed by atoms with E-state index in [0.29, 0.717) is 11.3 Å². The molecule has 1 aliphatic rings. The average molecular weight is 403 g/mol. The molecule has 28 heavy (non-hydrogen) atoms. The van der Waals surface area contributed by atoms with E-state index in [0.717, 1.165) is 37.4 Å². The summed E-state index contributed by atoms with van der Waals surface area (Å²) in [4.78, 5) is 16.2. The van der Waals surface area contributed by atoms with Gasteiger partial charge in [-0.3, -0.25) is 9.52 Å². The Morgan fingerprint density at radius 2 is 1.71 bits per heavy atom. The summed E-state index contributed by atoms with van der Waals surface area (Å²) in [5.74, 6) is -0.178. The fourth-order valence-electron chi connectivity index (χ4n) is 3.11. The van der Waals surface area contributed by atoms with Gasteiger partial charge in [0.2, 0.25) is 0 Å². The van der Waals surface area contributed by atoms with Crippen LogP contribution in [0, 0.1) is 6.92 Å².